The second kappa shape index (κ2) is 4.75. The lowest BCUT2D eigenvalue weighted by molar-refractivity contribution is -0.00305. The molecular formula is C14H20N2O. The van der Waals surface area contributed by atoms with Crippen molar-refractivity contribution in [2.75, 3.05) is 13.1 Å². The summed E-state index contributed by atoms with van der Waals surface area (Å²) in [4.78, 5) is 6.86. The lowest BCUT2D eigenvalue weighted by Gasteiger charge is -2.33. The van der Waals surface area contributed by atoms with Crippen molar-refractivity contribution in [1.29, 1.82) is 0 Å². The summed E-state index contributed by atoms with van der Waals surface area (Å²) in [6.07, 6.45) is 5.32. The van der Waals surface area contributed by atoms with Crippen LogP contribution in [0.2, 0.25) is 0 Å². The van der Waals surface area contributed by atoms with Crippen molar-refractivity contribution in [3.8, 4) is 0 Å². The molecule has 1 aromatic rings. The average molecular weight is 232 g/mol. The van der Waals surface area contributed by atoms with Crippen molar-refractivity contribution in [3.63, 3.8) is 0 Å². The zero-order valence-electron chi connectivity index (χ0n) is 10.4. The first-order valence-electron chi connectivity index (χ1n) is 6.59. The van der Waals surface area contributed by atoms with Gasteiger partial charge in [-0.25, -0.2) is 0 Å². The number of likely N-dealkylation sites (tertiary alicyclic amines) is 1. The molecule has 0 radical (unpaired) electrons. The van der Waals surface area contributed by atoms with E-state index < -0.39 is 0 Å². The first-order chi connectivity index (χ1) is 8.31. The number of hydrogen-bond donors (Lipinski definition) is 0. The van der Waals surface area contributed by atoms with E-state index in [9.17, 15) is 0 Å². The van der Waals surface area contributed by atoms with E-state index in [0.717, 1.165) is 24.7 Å². The Morgan fingerprint density at radius 3 is 3.24 bits per heavy atom. The third-order valence-electron chi connectivity index (χ3n) is 3.93. The lowest BCUT2D eigenvalue weighted by atomic mass is 9.92. The Hall–Kier alpha value is -0.930. The maximum absolute atomic E-state index is 5.97. The van der Waals surface area contributed by atoms with E-state index in [1.54, 1.807) is 0 Å². The molecule has 3 rings (SSSR count). The molecule has 2 fully saturated rings. The summed E-state index contributed by atoms with van der Waals surface area (Å²) in [5.41, 5.74) is 1.16. The van der Waals surface area contributed by atoms with E-state index >= 15 is 0 Å². The molecule has 17 heavy (non-hydrogen) atoms. The second-order valence-electron chi connectivity index (χ2n) is 5.33. The summed E-state index contributed by atoms with van der Waals surface area (Å²) in [6.45, 7) is 5.42. The van der Waals surface area contributed by atoms with E-state index in [0.29, 0.717) is 12.2 Å². The summed E-state index contributed by atoms with van der Waals surface area (Å²) in [5, 5.41) is 0. The van der Waals surface area contributed by atoms with Crippen LogP contribution < -0.4 is 0 Å². The van der Waals surface area contributed by atoms with Crippen LogP contribution in [0.1, 0.15) is 25.5 Å². The molecule has 0 amide bonds. The highest BCUT2D eigenvalue weighted by Gasteiger charge is 2.37. The van der Waals surface area contributed by atoms with Crippen molar-refractivity contribution < 1.29 is 4.74 Å². The summed E-state index contributed by atoms with van der Waals surface area (Å²) in [6, 6.07) is 6.13. The minimum absolute atomic E-state index is 0.458. The molecule has 3 nitrogen and oxygen atoms in total. The number of nitrogens with zero attached hydrogens (tertiary/aromatic N) is 2. The van der Waals surface area contributed by atoms with E-state index in [1.165, 1.54) is 19.4 Å². The summed E-state index contributed by atoms with van der Waals surface area (Å²) < 4.78 is 5.97. The second-order valence-corrected chi connectivity index (χ2v) is 5.33. The number of fused-ring (bicyclic) bond motifs is 1. The minimum Gasteiger partial charge on any atom is -0.374 e. The van der Waals surface area contributed by atoms with Gasteiger partial charge >= 0.3 is 0 Å². The van der Waals surface area contributed by atoms with Gasteiger partial charge in [0.25, 0.3) is 0 Å². The molecule has 0 N–H and O–H groups in total. The van der Waals surface area contributed by atoms with E-state index in [-0.39, 0.29) is 0 Å². The van der Waals surface area contributed by atoms with Crippen molar-refractivity contribution in [2.45, 2.75) is 38.5 Å². The summed E-state index contributed by atoms with van der Waals surface area (Å²) in [5.74, 6) is 0.796. The van der Waals surface area contributed by atoms with Crippen LogP contribution in [0.4, 0.5) is 0 Å². The van der Waals surface area contributed by atoms with Gasteiger partial charge in [-0.3, -0.25) is 9.88 Å². The Morgan fingerprint density at radius 2 is 2.41 bits per heavy atom. The third kappa shape index (κ3) is 2.50. The fourth-order valence-corrected chi connectivity index (χ4v) is 3.10. The number of hydrogen-bond acceptors (Lipinski definition) is 3. The van der Waals surface area contributed by atoms with Crippen LogP contribution in [0.25, 0.3) is 0 Å². The predicted octanol–water partition coefficient (Wildman–Crippen LogP) is 2.08. The molecule has 0 unspecified atom stereocenters. The maximum atomic E-state index is 5.97. The van der Waals surface area contributed by atoms with Gasteiger partial charge in [0, 0.05) is 19.3 Å². The zero-order chi connectivity index (χ0) is 11.7. The maximum Gasteiger partial charge on any atom is 0.0735 e. The standard InChI is InChI=1S/C14H20N2O/c1-11-8-12-5-7-16(10-14(12)17-11)9-13-4-2-3-6-15-13/h2-4,6,11-12,14H,5,7-10H2,1H3/t11-,12-,14+/m0/s1. The molecular weight excluding hydrogens is 212 g/mol. The topological polar surface area (TPSA) is 25.4 Å². The number of piperidine rings is 1. The molecule has 0 aromatic carbocycles. The highest BCUT2D eigenvalue weighted by Crippen LogP contribution is 2.33. The fourth-order valence-electron chi connectivity index (χ4n) is 3.10. The van der Waals surface area contributed by atoms with Gasteiger partial charge in [0.2, 0.25) is 0 Å². The van der Waals surface area contributed by atoms with Crippen LogP contribution in [-0.2, 0) is 11.3 Å². The molecule has 0 bridgehead atoms. The zero-order valence-corrected chi connectivity index (χ0v) is 10.4. The van der Waals surface area contributed by atoms with Gasteiger partial charge in [0.05, 0.1) is 17.9 Å². The predicted molar refractivity (Wildman–Crippen MR) is 66.6 cm³/mol. The van der Waals surface area contributed by atoms with Crippen LogP contribution >= 0.6 is 0 Å². The Morgan fingerprint density at radius 1 is 1.47 bits per heavy atom. The molecule has 1 aromatic heterocycles. The van der Waals surface area contributed by atoms with Gasteiger partial charge < -0.3 is 4.74 Å². The van der Waals surface area contributed by atoms with Crippen LogP contribution in [-0.4, -0.2) is 35.2 Å². The van der Waals surface area contributed by atoms with Gasteiger partial charge in [-0.2, -0.15) is 0 Å². The molecule has 0 saturated carbocycles. The average Bonchev–Trinajstić information content (AvgIpc) is 2.70. The molecule has 3 heteroatoms. The summed E-state index contributed by atoms with van der Waals surface area (Å²) in [7, 11) is 0. The smallest absolute Gasteiger partial charge is 0.0735 e. The molecule has 2 aliphatic rings. The molecule has 92 valence electrons. The lowest BCUT2D eigenvalue weighted by Crippen LogP contribution is -2.41. The largest absolute Gasteiger partial charge is 0.374 e. The van der Waals surface area contributed by atoms with Crippen molar-refractivity contribution in [3.05, 3.63) is 30.1 Å². The van der Waals surface area contributed by atoms with Crippen LogP contribution in [0.3, 0.4) is 0 Å². The van der Waals surface area contributed by atoms with E-state index in [1.807, 2.05) is 12.3 Å². The minimum atomic E-state index is 0.458. The molecule has 0 spiro atoms. The van der Waals surface area contributed by atoms with Crippen LogP contribution in [0, 0.1) is 5.92 Å². The number of pyridine rings is 1. The van der Waals surface area contributed by atoms with Crippen molar-refractivity contribution >= 4 is 0 Å². The molecule has 2 aliphatic heterocycles. The highest BCUT2D eigenvalue weighted by molar-refractivity contribution is 5.03. The number of ether oxygens (including phenoxy) is 1. The van der Waals surface area contributed by atoms with Crippen molar-refractivity contribution in [1.82, 2.24) is 9.88 Å². The van der Waals surface area contributed by atoms with E-state index in [2.05, 4.69) is 28.9 Å². The van der Waals surface area contributed by atoms with Gasteiger partial charge in [-0.15, -0.1) is 0 Å². The van der Waals surface area contributed by atoms with Crippen molar-refractivity contribution in [2.24, 2.45) is 5.92 Å². The quantitative estimate of drug-likeness (QED) is 0.780. The first kappa shape index (κ1) is 11.2. The summed E-state index contributed by atoms with van der Waals surface area (Å²) >= 11 is 0. The number of aromatic nitrogens is 1. The SMILES string of the molecule is C[C@H]1C[C@@H]2CCN(Cc3ccccn3)C[C@H]2O1. The normalized spacial score (nSPS) is 33.6. The Bertz CT molecular complexity index is 368. The van der Waals surface area contributed by atoms with Gasteiger partial charge in [0.15, 0.2) is 0 Å². The van der Waals surface area contributed by atoms with Gasteiger partial charge in [0.1, 0.15) is 0 Å². The van der Waals surface area contributed by atoms with Gasteiger partial charge in [-0.1, -0.05) is 6.07 Å². The molecule has 3 atom stereocenters. The number of rotatable bonds is 2. The van der Waals surface area contributed by atoms with Crippen LogP contribution in [0.5, 0.6) is 0 Å². The van der Waals surface area contributed by atoms with E-state index in [4.69, 9.17) is 4.74 Å². The highest BCUT2D eigenvalue weighted by atomic mass is 16.5. The first-order valence-corrected chi connectivity index (χ1v) is 6.59. The van der Waals surface area contributed by atoms with Crippen LogP contribution in [0.15, 0.2) is 24.4 Å². The third-order valence-corrected chi connectivity index (χ3v) is 3.93. The monoisotopic (exact) mass is 232 g/mol. The fraction of sp³-hybridized carbons (Fsp3) is 0.643. The van der Waals surface area contributed by atoms with Gasteiger partial charge in [-0.05, 0) is 44.4 Å². The molecule has 0 aliphatic carbocycles. The Balaban J connectivity index is 1.60. The Kier molecular flexibility index (Phi) is 3.12. The molecule has 2 saturated heterocycles. The molecule has 3 heterocycles. The Labute approximate surface area is 103 Å².